The van der Waals surface area contributed by atoms with Crippen LogP contribution in [0.4, 0.5) is 4.39 Å². The number of alkyl halides is 1. The molecular formula is C5H9FO2. The van der Waals surface area contributed by atoms with Gasteiger partial charge in [-0.25, -0.2) is 0 Å². The molecule has 1 fully saturated rings. The Hall–Kier alpha value is -0.600. The summed E-state index contributed by atoms with van der Waals surface area (Å²) >= 11 is 0. The highest BCUT2D eigenvalue weighted by Gasteiger charge is 2.28. The quantitative estimate of drug-likeness (QED) is 0.562. The fourth-order valence-corrected chi connectivity index (χ4v) is 0.330. The van der Waals surface area contributed by atoms with E-state index >= 15 is 0 Å². The topological polar surface area (TPSA) is 37.3 Å². The number of carboxylic acids is 1. The first-order chi connectivity index (χ1) is 3.80. The molecule has 0 aromatic rings. The van der Waals surface area contributed by atoms with E-state index in [2.05, 4.69) is 0 Å². The molecule has 0 bridgehead atoms. The minimum Gasteiger partial charge on any atom is -0.481 e. The van der Waals surface area contributed by atoms with Crippen molar-refractivity contribution in [2.75, 3.05) is 7.18 Å². The summed E-state index contributed by atoms with van der Waals surface area (Å²) in [6, 6.07) is 0. The maximum Gasteiger partial charge on any atom is 0.306 e. The van der Waals surface area contributed by atoms with Crippen LogP contribution in [0, 0.1) is 5.92 Å². The maximum absolute atomic E-state index is 9.76. The first kappa shape index (κ1) is 7.40. The van der Waals surface area contributed by atoms with Crippen molar-refractivity contribution >= 4 is 5.97 Å². The second-order valence-electron chi connectivity index (χ2n) is 1.61. The third kappa shape index (κ3) is 2.55. The zero-order valence-corrected chi connectivity index (χ0v) is 4.72. The number of hydrogen-bond acceptors (Lipinski definition) is 1. The summed E-state index contributed by atoms with van der Waals surface area (Å²) in [5.41, 5.74) is 0. The zero-order chi connectivity index (χ0) is 6.57. The highest BCUT2D eigenvalue weighted by molar-refractivity contribution is 5.72. The lowest BCUT2D eigenvalue weighted by atomic mass is 10.5. The largest absolute Gasteiger partial charge is 0.481 e. The molecule has 0 saturated heterocycles. The van der Waals surface area contributed by atoms with E-state index in [0.717, 1.165) is 12.8 Å². The molecule has 0 aromatic carbocycles. The Morgan fingerprint density at radius 1 is 1.62 bits per heavy atom. The molecular weight excluding hydrogens is 111 g/mol. The molecule has 48 valence electrons. The van der Waals surface area contributed by atoms with Gasteiger partial charge in [0.05, 0.1) is 13.1 Å². The predicted molar refractivity (Wildman–Crippen MR) is 27.4 cm³/mol. The maximum atomic E-state index is 9.76. The Balaban J connectivity index is 0.000000222. The van der Waals surface area contributed by atoms with Crippen molar-refractivity contribution in [2.24, 2.45) is 5.92 Å². The lowest BCUT2D eigenvalue weighted by Crippen LogP contribution is -1.94. The van der Waals surface area contributed by atoms with E-state index in [1.165, 1.54) is 0 Å². The van der Waals surface area contributed by atoms with E-state index in [9.17, 15) is 9.18 Å². The van der Waals surface area contributed by atoms with Gasteiger partial charge in [-0.3, -0.25) is 9.18 Å². The summed E-state index contributed by atoms with van der Waals surface area (Å²) in [6.07, 6.45) is 1.80. The molecule has 1 aliphatic carbocycles. The van der Waals surface area contributed by atoms with Crippen LogP contribution in [0.15, 0.2) is 0 Å². The van der Waals surface area contributed by atoms with E-state index in [1.807, 2.05) is 0 Å². The number of carboxylic acid groups (broad SMARTS) is 1. The highest BCUT2D eigenvalue weighted by atomic mass is 19.1. The van der Waals surface area contributed by atoms with Gasteiger partial charge in [-0.2, -0.15) is 0 Å². The van der Waals surface area contributed by atoms with Crippen molar-refractivity contribution in [3.8, 4) is 0 Å². The van der Waals surface area contributed by atoms with Gasteiger partial charge in [0.1, 0.15) is 0 Å². The summed E-state index contributed by atoms with van der Waals surface area (Å²) in [7, 11) is 0.500. The number of halogens is 1. The SMILES string of the molecule is CF.O=C(O)C1CC1. The minimum atomic E-state index is -0.630. The van der Waals surface area contributed by atoms with Crippen molar-refractivity contribution < 1.29 is 14.3 Å². The molecule has 0 heterocycles. The van der Waals surface area contributed by atoms with Crippen molar-refractivity contribution in [1.29, 1.82) is 0 Å². The van der Waals surface area contributed by atoms with Gasteiger partial charge < -0.3 is 5.11 Å². The summed E-state index contributed by atoms with van der Waals surface area (Å²) in [4.78, 5) is 9.76. The molecule has 1 saturated carbocycles. The first-order valence-corrected chi connectivity index (χ1v) is 2.41. The summed E-state index contributed by atoms with van der Waals surface area (Å²) in [6.45, 7) is 0. The van der Waals surface area contributed by atoms with Crippen LogP contribution in [-0.2, 0) is 4.79 Å². The highest BCUT2D eigenvalue weighted by Crippen LogP contribution is 2.28. The number of hydrogen-bond donors (Lipinski definition) is 1. The molecule has 0 unspecified atom stereocenters. The third-order valence-electron chi connectivity index (χ3n) is 0.927. The van der Waals surface area contributed by atoms with Gasteiger partial charge >= 0.3 is 5.97 Å². The van der Waals surface area contributed by atoms with E-state index in [1.54, 1.807) is 0 Å². The molecule has 1 aliphatic rings. The number of aliphatic carboxylic acids is 1. The predicted octanol–water partition coefficient (Wildman–Crippen LogP) is 1.07. The lowest BCUT2D eigenvalue weighted by Gasteiger charge is -1.75. The average Bonchev–Trinajstić information content (AvgIpc) is 2.50. The Morgan fingerprint density at radius 2 is 2.00 bits per heavy atom. The smallest absolute Gasteiger partial charge is 0.306 e. The average molecular weight is 120 g/mol. The van der Waals surface area contributed by atoms with E-state index in [-0.39, 0.29) is 5.92 Å². The van der Waals surface area contributed by atoms with E-state index in [4.69, 9.17) is 5.11 Å². The Morgan fingerprint density at radius 3 is 2.00 bits per heavy atom. The standard InChI is InChI=1S/C4H6O2.CH3F/c5-4(6)3-1-2-3;1-2/h3H,1-2H2,(H,5,6);1H3. The van der Waals surface area contributed by atoms with Crippen LogP contribution in [0.3, 0.4) is 0 Å². The second-order valence-corrected chi connectivity index (χ2v) is 1.61. The van der Waals surface area contributed by atoms with Gasteiger partial charge in [-0.05, 0) is 12.8 Å². The van der Waals surface area contributed by atoms with Gasteiger partial charge in [0, 0.05) is 0 Å². The van der Waals surface area contributed by atoms with Gasteiger partial charge in [0.2, 0.25) is 0 Å². The van der Waals surface area contributed by atoms with Crippen LogP contribution >= 0.6 is 0 Å². The van der Waals surface area contributed by atoms with Crippen LogP contribution < -0.4 is 0 Å². The molecule has 1 rings (SSSR count). The fourth-order valence-electron chi connectivity index (χ4n) is 0.330. The Labute approximate surface area is 47.3 Å². The molecule has 3 heteroatoms. The van der Waals surface area contributed by atoms with Crippen molar-refractivity contribution in [2.45, 2.75) is 12.8 Å². The van der Waals surface area contributed by atoms with Crippen molar-refractivity contribution in [3.63, 3.8) is 0 Å². The normalized spacial score (nSPS) is 16.2. The van der Waals surface area contributed by atoms with Crippen molar-refractivity contribution in [1.82, 2.24) is 0 Å². The molecule has 0 aliphatic heterocycles. The summed E-state index contributed by atoms with van der Waals surface area (Å²) in [5, 5.41) is 8.05. The van der Waals surface area contributed by atoms with E-state index in [0.29, 0.717) is 7.18 Å². The number of carbonyl (C=O) groups is 1. The van der Waals surface area contributed by atoms with Gasteiger partial charge in [-0.15, -0.1) is 0 Å². The first-order valence-electron chi connectivity index (χ1n) is 2.41. The van der Waals surface area contributed by atoms with Crippen LogP contribution in [0.2, 0.25) is 0 Å². The zero-order valence-electron chi connectivity index (χ0n) is 4.72. The van der Waals surface area contributed by atoms with Gasteiger partial charge in [-0.1, -0.05) is 0 Å². The van der Waals surface area contributed by atoms with Crippen LogP contribution in [0.1, 0.15) is 12.8 Å². The van der Waals surface area contributed by atoms with Crippen LogP contribution in [-0.4, -0.2) is 18.3 Å². The molecule has 0 atom stereocenters. The van der Waals surface area contributed by atoms with Crippen LogP contribution in [0.5, 0.6) is 0 Å². The molecule has 0 amide bonds. The minimum absolute atomic E-state index is 0.0185. The molecule has 2 nitrogen and oxygen atoms in total. The van der Waals surface area contributed by atoms with Crippen LogP contribution in [0.25, 0.3) is 0 Å². The van der Waals surface area contributed by atoms with Gasteiger partial charge in [0.25, 0.3) is 0 Å². The lowest BCUT2D eigenvalue weighted by molar-refractivity contribution is -0.138. The number of rotatable bonds is 1. The summed E-state index contributed by atoms with van der Waals surface area (Å²) < 4.78 is 9.50. The molecule has 0 aromatic heterocycles. The molecule has 0 spiro atoms. The molecule has 0 radical (unpaired) electrons. The monoisotopic (exact) mass is 120 g/mol. The third-order valence-corrected chi connectivity index (χ3v) is 0.927. The molecule has 8 heavy (non-hydrogen) atoms. The van der Waals surface area contributed by atoms with Crippen molar-refractivity contribution in [3.05, 3.63) is 0 Å². The molecule has 1 N–H and O–H groups in total. The summed E-state index contributed by atoms with van der Waals surface area (Å²) in [5.74, 6) is -0.611. The van der Waals surface area contributed by atoms with E-state index < -0.39 is 5.97 Å². The van der Waals surface area contributed by atoms with Gasteiger partial charge in [0.15, 0.2) is 0 Å². The fraction of sp³-hybridized carbons (Fsp3) is 0.800. The Kier molecular flexibility index (Phi) is 3.15. The Bertz CT molecular complexity index is 78.5. The second kappa shape index (κ2) is 3.41.